The minimum atomic E-state index is -0.607. The van der Waals surface area contributed by atoms with Gasteiger partial charge in [-0.05, 0) is 72.6 Å². The standard InChI is InChI=1S/C44H30N2O/c1-29-23-25-31(26-24-29)45-37-19-9-5-15-32(37)42-40(45)28-27-36-43(42)47-41-22-12-8-18-35(41)44(36)33-16-6-10-20-38(33)46(30-13-3-2-4-14-30)39-21-11-7-17-34(39)44/h2-28H,1H3. The second-order valence-electron chi connectivity index (χ2n) is 12.6. The van der Waals surface area contributed by atoms with Crippen LogP contribution in [0, 0.1) is 6.92 Å². The minimum Gasteiger partial charge on any atom is -0.456 e. The first-order valence-electron chi connectivity index (χ1n) is 16.2. The van der Waals surface area contributed by atoms with Gasteiger partial charge in [-0.15, -0.1) is 0 Å². The van der Waals surface area contributed by atoms with E-state index in [1.807, 2.05) is 0 Å². The Hall–Kier alpha value is -6.06. The highest BCUT2D eigenvalue weighted by Crippen LogP contribution is 2.64. The van der Waals surface area contributed by atoms with E-state index in [1.54, 1.807) is 0 Å². The Morgan fingerprint density at radius 2 is 1.09 bits per heavy atom. The summed E-state index contributed by atoms with van der Waals surface area (Å²) < 4.78 is 9.49. The number of rotatable bonds is 2. The van der Waals surface area contributed by atoms with E-state index in [0.717, 1.165) is 50.4 Å². The molecule has 0 atom stereocenters. The van der Waals surface area contributed by atoms with E-state index in [4.69, 9.17) is 4.74 Å². The fraction of sp³-hybridized carbons (Fsp3) is 0.0455. The number of benzene rings is 7. The lowest BCUT2D eigenvalue weighted by Gasteiger charge is -2.48. The molecule has 0 unspecified atom stereocenters. The molecule has 2 aliphatic rings. The average molecular weight is 603 g/mol. The monoisotopic (exact) mass is 602 g/mol. The van der Waals surface area contributed by atoms with Crippen molar-refractivity contribution in [1.29, 1.82) is 0 Å². The summed E-state index contributed by atoms with van der Waals surface area (Å²) in [4.78, 5) is 2.41. The van der Waals surface area contributed by atoms with Gasteiger partial charge in [-0.25, -0.2) is 0 Å². The van der Waals surface area contributed by atoms with Gasteiger partial charge in [0, 0.05) is 27.9 Å². The third-order valence-electron chi connectivity index (χ3n) is 10.1. The highest BCUT2D eigenvalue weighted by atomic mass is 16.5. The number of aryl methyl sites for hydroxylation is 1. The van der Waals surface area contributed by atoms with Gasteiger partial charge in [-0.3, -0.25) is 0 Å². The van der Waals surface area contributed by atoms with Crippen molar-refractivity contribution in [1.82, 2.24) is 4.57 Å². The first-order valence-corrected chi connectivity index (χ1v) is 16.2. The van der Waals surface area contributed by atoms with E-state index in [1.165, 1.54) is 33.5 Å². The third-order valence-corrected chi connectivity index (χ3v) is 10.1. The number of aromatic nitrogens is 1. The van der Waals surface area contributed by atoms with Gasteiger partial charge in [0.2, 0.25) is 0 Å². The number of ether oxygens (including phenoxy) is 1. The largest absolute Gasteiger partial charge is 0.456 e. The summed E-state index contributed by atoms with van der Waals surface area (Å²) in [5.41, 5.74) is 12.3. The van der Waals surface area contributed by atoms with E-state index in [-0.39, 0.29) is 0 Å². The Morgan fingerprint density at radius 3 is 1.83 bits per heavy atom. The second-order valence-corrected chi connectivity index (χ2v) is 12.6. The third kappa shape index (κ3) is 3.46. The lowest BCUT2D eigenvalue weighted by atomic mass is 9.61. The number of hydrogen-bond donors (Lipinski definition) is 0. The molecule has 3 nitrogen and oxygen atoms in total. The SMILES string of the molecule is Cc1ccc(-n2c3ccccc3c3c4c(ccc32)C2(c3ccccc3O4)c3ccccc3N(c3ccccc3)c3ccccc32)cc1. The summed E-state index contributed by atoms with van der Waals surface area (Å²) >= 11 is 0. The first kappa shape index (κ1) is 26.2. The summed E-state index contributed by atoms with van der Waals surface area (Å²) in [7, 11) is 0. The summed E-state index contributed by atoms with van der Waals surface area (Å²) in [6.45, 7) is 2.13. The smallest absolute Gasteiger partial charge is 0.142 e. The molecule has 1 spiro atoms. The predicted octanol–water partition coefficient (Wildman–Crippen LogP) is 11.4. The molecule has 7 aromatic carbocycles. The maximum Gasteiger partial charge on any atom is 0.142 e. The van der Waals surface area contributed by atoms with Crippen LogP contribution in [0.1, 0.15) is 27.8 Å². The molecule has 47 heavy (non-hydrogen) atoms. The van der Waals surface area contributed by atoms with Crippen molar-refractivity contribution >= 4 is 38.9 Å². The Morgan fingerprint density at radius 1 is 0.468 bits per heavy atom. The van der Waals surface area contributed by atoms with E-state index in [0.29, 0.717) is 0 Å². The van der Waals surface area contributed by atoms with Crippen LogP contribution in [-0.2, 0) is 5.41 Å². The number of para-hydroxylation sites is 5. The zero-order valence-corrected chi connectivity index (χ0v) is 25.9. The van der Waals surface area contributed by atoms with Crippen molar-refractivity contribution in [2.24, 2.45) is 0 Å². The number of fused-ring (bicyclic) bond motifs is 12. The van der Waals surface area contributed by atoms with Crippen molar-refractivity contribution in [2.45, 2.75) is 12.3 Å². The molecule has 0 saturated carbocycles. The Bertz CT molecular complexity index is 2460. The number of hydrogen-bond acceptors (Lipinski definition) is 2. The van der Waals surface area contributed by atoms with E-state index in [9.17, 15) is 0 Å². The topological polar surface area (TPSA) is 17.4 Å². The van der Waals surface area contributed by atoms with Crippen molar-refractivity contribution in [3.8, 4) is 17.2 Å². The van der Waals surface area contributed by atoms with Crippen LogP contribution in [-0.4, -0.2) is 4.57 Å². The highest BCUT2D eigenvalue weighted by Gasteiger charge is 2.51. The fourth-order valence-electron chi connectivity index (χ4n) is 8.20. The minimum absolute atomic E-state index is 0.607. The maximum atomic E-state index is 7.11. The van der Waals surface area contributed by atoms with Gasteiger partial charge in [0.1, 0.15) is 11.5 Å². The summed E-state index contributed by atoms with van der Waals surface area (Å²) in [6.07, 6.45) is 0. The lowest BCUT2D eigenvalue weighted by molar-refractivity contribution is 0.439. The lowest BCUT2D eigenvalue weighted by Crippen LogP contribution is -2.39. The normalized spacial score (nSPS) is 13.9. The van der Waals surface area contributed by atoms with Gasteiger partial charge < -0.3 is 14.2 Å². The maximum absolute atomic E-state index is 7.11. The van der Waals surface area contributed by atoms with Crippen LogP contribution >= 0.6 is 0 Å². The van der Waals surface area contributed by atoms with Gasteiger partial charge in [-0.2, -0.15) is 0 Å². The van der Waals surface area contributed by atoms with Crippen LogP contribution in [0.25, 0.3) is 27.5 Å². The molecule has 0 fully saturated rings. The van der Waals surface area contributed by atoms with Crippen LogP contribution in [0.15, 0.2) is 164 Å². The van der Waals surface area contributed by atoms with Crippen LogP contribution < -0.4 is 9.64 Å². The van der Waals surface area contributed by atoms with Crippen LogP contribution in [0.3, 0.4) is 0 Å². The van der Waals surface area contributed by atoms with Gasteiger partial charge in [0.25, 0.3) is 0 Å². The molecule has 0 bridgehead atoms. The molecule has 0 N–H and O–H groups in total. The quantitative estimate of drug-likeness (QED) is 0.196. The number of nitrogens with zero attached hydrogens (tertiary/aromatic N) is 2. The predicted molar refractivity (Wildman–Crippen MR) is 192 cm³/mol. The Labute approximate surface area is 273 Å². The Kier molecular flexibility index (Phi) is 5.41. The molecule has 0 radical (unpaired) electrons. The van der Waals surface area contributed by atoms with Gasteiger partial charge in [0.15, 0.2) is 0 Å². The fourth-order valence-corrected chi connectivity index (χ4v) is 8.20. The Balaban J connectivity index is 1.37. The zero-order chi connectivity index (χ0) is 31.1. The van der Waals surface area contributed by atoms with E-state index in [2.05, 4.69) is 180 Å². The molecular formula is C44H30N2O. The van der Waals surface area contributed by atoms with Crippen molar-refractivity contribution in [3.63, 3.8) is 0 Å². The van der Waals surface area contributed by atoms with Gasteiger partial charge in [0.05, 0.1) is 33.2 Å². The molecule has 222 valence electrons. The number of anilines is 3. The van der Waals surface area contributed by atoms with Crippen molar-refractivity contribution in [2.75, 3.05) is 4.90 Å². The first-order chi connectivity index (χ1) is 23.2. The highest BCUT2D eigenvalue weighted by molar-refractivity contribution is 6.13. The molecule has 0 saturated heterocycles. The zero-order valence-electron chi connectivity index (χ0n) is 25.9. The second kappa shape index (κ2) is 9.72. The van der Waals surface area contributed by atoms with Crippen molar-refractivity contribution in [3.05, 3.63) is 192 Å². The molecule has 8 aromatic rings. The molecule has 3 heterocycles. The van der Waals surface area contributed by atoms with Crippen LogP contribution in [0.2, 0.25) is 0 Å². The molecule has 1 aromatic heterocycles. The average Bonchev–Trinajstić information content (AvgIpc) is 3.47. The van der Waals surface area contributed by atoms with E-state index < -0.39 is 5.41 Å². The molecule has 10 rings (SSSR count). The van der Waals surface area contributed by atoms with E-state index >= 15 is 0 Å². The molecule has 0 aliphatic carbocycles. The van der Waals surface area contributed by atoms with Gasteiger partial charge >= 0.3 is 0 Å². The summed E-state index contributed by atoms with van der Waals surface area (Å²) in [6, 6.07) is 59.3. The van der Waals surface area contributed by atoms with Gasteiger partial charge in [-0.1, -0.05) is 115 Å². The molecule has 2 aliphatic heterocycles. The van der Waals surface area contributed by atoms with Crippen LogP contribution in [0.5, 0.6) is 11.5 Å². The summed E-state index contributed by atoms with van der Waals surface area (Å²) in [5.74, 6) is 1.80. The molecule has 0 amide bonds. The molecular weight excluding hydrogens is 572 g/mol. The molecule has 3 heteroatoms. The van der Waals surface area contributed by atoms with Crippen LogP contribution in [0.4, 0.5) is 17.1 Å². The summed E-state index contributed by atoms with van der Waals surface area (Å²) in [5, 5.41) is 2.31. The van der Waals surface area contributed by atoms with Crippen molar-refractivity contribution < 1.29 is 4.74 Å².